The molecule has 1 amide bonds. The van der Waals surface area contributed by atoms with Crippen LogP contribution in [0.1, 0.15) is 20.1 Å². The quantitative estimate of drug-likeness (QED) is 0.916. The third-order valence-corrected chi connectivity index (χ3v) is 4.59. The fraction of sp³-hybridized carbons (Fsp3) is 0.182. The molecule has 84 valence electrons. The van der Waals surface area contributed by atoms with Crippen LogP contribution in [0.2, 0.25) is 0 Å². The third kappa shape index (κ3) is 2.93. The van der Waals surface area contributed by atoms with Crippen LogP contribution in [0.15, 0.2) is 27.4 Å². The Kier molecular flexibility index (Phi) is 3.78. The molecule has 0 spiro atoms. The molecule has 0 fully saturated rings. The van der Waals surface area contributed by atoms with E-state index in [2.05, 4.69) is 21.2 Å². The lowest BCUT2D eigenvalue weighted by atomic mass is 10.3. The highest BCUT2D eigenvalue weighted by Crippen LogP contribution is 2.20. The number of hydrogen-bond donors (Lipinski definition) is 1. The van der Waals surface area contributed by atoms with Gasteiger partial charge in [0.1, 0.15) is 0 Å². The molecule has 0 radical (unpaired) electrons. The summed E-state index contributed by atoms with van der Waals surface area (Å²) in [6.45, 7) is 2.58. The highest BCUT2D eigenvalue weighted by Gasteiger charge is 2.07. The second kappa shape index (κ2) is 5.12. The van der Waals surface area contributed by atoms with Gasteiger partial charge in [-0.2, -0.15) is 0 Å². The normalized spacial score (nSPS) is 10.4. The van der Waals surface area contributed by atoms with E-state index >= 15 is 0 Å². The first kappa shape index (κ1) is 11.8. The molecule has 0 unspecified atom stereocenters. The second-order valence-electron chi connectivity index (χ2n) is 3.35. The average molecular weight is 316 g/mol. The van der Waals surface area contributed by atoms with Gasteiger partial charge in [-0.05, 0) is 52.0 Å². The molecule has 0 aliphatic rings. The fourth-order valence-corrected chi connectivity index (χ4v) is 3.26. The van der Waals surface area contributed by atoms with Crippen molar-refractivity contribution in [3.63, 3.8) is 0 Å². The SMILES string of the molecule is Cc1ccc(C(=O)NCc2csc(Br)c2)s1. The van der Waals surface area contributed by atoms with Gasteiger partial charge in [0.15, 0.2) is 0 Å². The Morgan fingerprint density at radius 2 is 2.31 bits per heavy atom. The number of nitrogens with one attached hydrogen (secondary N) is 1. The van der Waals surface area contributed by atoms with Gasteiger partial charge < -0.3 is 5.32 Å². The molecule has 0 aliphatic heterocycles. The van der Waals surface area contributed by atoms with Crippen LogP contribution in [0.4, 0.5) is 0 Å². The molecular weight excluding hydrogens is 306 g/mol. The molecule has 0 atom stereocenters. The Balaban J connectivity index is 1.93. The summed E-state index contributed by atoms with van der Waals surface area (Å²) < 4.78 is 1.09. The minimum atomic E-state index is 0.000391. The van der Waals surface area contributed by atoms with Crippen molar-refractivity contribution in [2.75, 3.05) is 0 Å². The molecule has 2 rings (SSSR count). The van der Waals surface area contributed by atoms with Crippen molar-refractivity contribution in [3.05, 3.63) is 42.7 Å². The lowest BCUT2D eigenvalue weighted by molar-refractivity contribution is 0.0955. The van der Waals surface area contributed by atoms with Crippen LogP contribution in [0.25, 0.3) is 0 Å². The molecular formula is C11H10BrNOS2. The molecule has 2 aromatic heterocycles. The van der Waals surface area contributed by atoms with E-state index in [-0.39, 0.29) is 5.91 Å². The standard InChI is InChI=1S/C11H10BrNOS2/c1-7-2-3-9(16-7)11(14)13-5-8-4-10(12)15-6-8/h2-4,6H,5H2,1H3,(H,13,14). The van der Waals surface area contributed by atoms with Crippen LogP contribution in [0.3, 0.4) is 0 Å². The number of aryl methyl sites for hydroxylation is 1. The van der Waals surface area contributed by atoms with Crippen molar-refractivity contribution in [1.29, 1.82) is 0 Å². The highest BCUT2D eigenvalue weighted by atomic mass is 79.9. The molecule has 0 saturated carbocycles. The van der Waals surface area contributed by atoms with Gasteiger partial charge in [-0.1, -0.05) is 0 Å². The predicted octanol–water partition coefficient (Wildman–Crippen LogP) is 3.81. The van der Waals surface area contributed by atoms with Crippen LogP contribution in [0.5, 0.6) is 0 Å². The zero-order chi connectivity index (χ0) is 11.5. The van der Waals surface area contributed by atoms with Gasteiger partial charge in [0.2, 0.25) is 0 Å². The van der Waals surface area contributed by atoms with Crippen molar-refractivity contribution in [1.82, 2.24) is 5.32 Å². The van der Waals surface area contributed by atoms with Crippen molar-refractivity contribution < 1.29 is 4.79 Å². The molecule has 0 aliphatic carbocycles. The van der Waals surface area contributed by atoms with E-state index in [9.17, 15) is 4.79 Å². The van der Waals surface area contributed by atoms with Gasteiger partial charge in [0.25, 0.3) is 5.91 Å². The first-order chi connectivity index (χ1) is 7.65. The van der Waals surface area contributed by atoms with Crippen LogP contribution in [-0.4, -0.2) is 5.91 Å². The first-order valence-electron chi connectivity index (χ1n) is 4.72. The minimum Gasteiger partial charge on any atom is -0.347 e. The van der Waals surface area contributed by atoms with Crippen molar-refractivity contribution >= 4 is 44.5 Å². The Bertz CT molecular complexity index is 504. The fourth-order valence-electron chi connectivity index (χ4n) is 1.26. The molecule has 16 heavy (non-hydrogen) atoms. The summed E-state index contributed by atoms with van der Waals surface area (Å²) in [7, 11) is 0. The number of rotatable bonds is 3. The van der Waals surface area contributed by atoms with Crippen LogP contribution >= 0.6 is 38.6 Å². The summed E-state index contributed by atoms with van der Waals surface area (Å²) in [5, 5.41) is 4.93. The average Bonchev–Trinajstić information content (AvgIpc) is 2.84. The predicted molar refractivity (Wildman–Crippen MR) is 72.2 cm³/mol. The van der Waals surface area contributed by atoms with E-state index in [0.717, 1.165) is 19.1 Å². The van der Waals surface area contributed by atoms with Gasteiger partial charge >= 0.3 is 0 Å². The van der Waals surface area contributed by atoms with Crippen molar-refractivity contribution in [2.24, 2.45) is 0 Å². The molecule has 1 N–H and O–H groups in total. The topological polar surface area (TPSA) is 29.1 Å². The number of halogens is 1. The Morgan fingerprint density at radius 1 is 1.50 bits per heavy atom. The zero-order valence-electron chi connectivity index (χ0n) is 8.62. The van der Waals surface area contributed by atoms with Gasteiger partial charge in [0, 0.05) is 11.4 Å². The van der Waals surface area contributed by atoms with E-state index in [1.807, 2.05) is 30.5 Å². The van der Waals surface area contributed by atoms with Crippen molar-refractivity contribution in [2.45, 2.75) is 13.5 Å². The monoisotopic (exact) mass is 315 g/mol. The van der Waals surface area contributed by atoms with Crippen LogP contribution in [0, 0.1) is 6.92 Å². The van der Waals surface area contributed by atoms with Crippen LogP contribution in [-0.2, 0) is 6.54 Å². The van der Waals surface area contributed by atoms with Crippen molar-refractivity contribution in [3.8, 4) is 0 Å². The summed E-state index contributed by atoms with van der Waals surface area (Å²) >= 11 is 6.54. The summed E-state index contributed by atoms with van der Waals surface area (Å²) in [6.07, 6.45) is 0. The zero-order valence-corrected chi connectivity index (χ0v) is 11.8. The Hall–Kier alpha value is -0.650. The van der Waals surface area contributed by atoms with E-state index in [1.54, 1.807) is 11.3 Å². The number of carbonyl (C=O) groups is 1. The van der Waals surface area contributed by atoms with E-state index < -0.39 is 0 Å². The summed E-state index contributed by atoms with van der Waals surface area (Å²) in [5.41, 5.74) is 1.12. The number of thiophene rings is 2. The lowest BCUT2D eigenvalue weighted by Crippen LogP contribution is -2.21. The van der Waals surface area contributed by atoms with Crippen LogP contribution < -0.4 is 5.32 Å². The highest BCUT2D eigenvalue weighted by molar-refractivity contribution is 9.11. The molecule has 0 bridgehead atoms. The second-order valence-corrected chi connectivity index (χ2v) is 6.93. The van der Waals surface area contributed by atoms with Gasteiger partial charge in [-0.3, -0.25) is 4.79 Å². The first-order valence-corrected chi connectivity index (χ1v) is 7.21. The van der Waals surface area contributed by atoms with Gasteiger partial charge in [0.05, 0.1) is 8.66 Å². The number of amides is 1. The molecule has 0 aromatic carbocycles. The molecule has 2 aromatic rings. The molecule has 2 heterocycles. The summed E-state index contributed by atoms with van der Waals surface area (Å²) in [5.74, 6) is 0.000391. The van der Waals surface area contributed by atoms with E-state index in [1.165, 1.54) is 11.3 Å². The molecule has 5 heteroatoms. The molecule has 2 nitrogen and oxygen atoms in total. The number of hydrogen-bond acceptors (Lipinski definition) is 3. The van der Waals surface area contributed by atoms with Gasteiger partial charge in [-0.25, -0.2) is 0 Å². The third-order valence-electron chi connectivity index (χ3n) is 2.04. The maximum Gasteiger partial charge on any atom is 0.261 e. The lowest BCUT2D eigenvalue weighted by Gasteiger charge is -2.00. The number of carbonyl (C=O) groups excluding carboxylic acids is 1. The minimum absolute atomic E-state index is 0.000391. The maximum atomic E-state index is 11.7. The summed E-state index contributed by atoms with van der Waals surface area (Å²) in [4.78, 5) is 13.7. The Morgan fingerprint density at radius 3 is 2.88 bits per heavy atom. The Labute approximate surface area is 110 Å². The van der Waals surface area contributed by atoms with E-state index in [4.69, 9.17) is 0 Å². The molecule has 0 saturated heterocycles. The maximum absolute atomic E-state index is 11.7. The van der Waals surface area contributed by atoms with E-state index in [0.29, 0.717) is 6.54 Å². The smallest absolute Gasteiger partial charge is 0.261 e. The largest absolute Gasteiger partial charge is 0.347 e. The summed E-state index contributed by atoms with van der Waals surface area (Å²) in [6, 6.07) is 5.84. The van der Waals surface area contributed by atoms with Gasteiger partial charge in [-0.15, -0.1) is 22.7 Å².